The number of piperidine rings is 1. The lowest BCUT2D eigenvalue weighted by Gasteiger charge is -2.44. The molecule has 0 saturated carbocycles. The molecule has 8 nitrogen and oxygen atoms in total. The summed E-state index contributed by atoms with van der Waals surface area (Å²) >= 11 is 3.54. The fourth-order valence-corrected chi connectivity index (χ4v) is 5.89. The first kappa shape index (κ1) is 20.1. The van der Waals surface area contributed by atoms with Crippen LogP contribution in [0.25, 0.3) is 5.52 Å². The second-order valence-corrected chi connectivity index (χ2v) is 11.6. The monoisotopic (exact) mass is 491 g/mol. The van der Waals surface area contributed by atoms with Crippen LogP contribution < -0.4 is 10.0 Å². The Morgan fingerprint density at radius 3 is 2.83 bits per heavy atom. The molecule has 2 aliphatic heterocycles. The molecule has 1 saturated heterocycles. The predicted octanol–water partition coefficient (Wildman–Crippen LogP) is 2.86. The molecule has 0 amide bonds. The van der Waals surface area contributed by atoms with Gasteiger partial charge in [0.15, 0.2) is 5.82 Å². The summed E-state index contributed by atoms with van der Waals surface area (Å²) in [7, 11) is -1.37. The molecule has 30 heavy (non-hydrogen) atoms. The molecule has 2 aliphatic rings. The van der Waals surface area contributed by atoms with E-state index in [0.29, 0.717) is 5.92 Å². The molecular weight excluding hydrogens is 466 g/mol. The van der Waals surface area contributed by atoms with Crippen molar-refractivity contribution in [1.82, 2.24) is 24.1 Å². The van der Waals surface area contributed by atoms with Crippen LogP contribution in [-0.2, 0) is 17.5 Å². The van der Waals surface area contributed by atoms with E-state index in [2.05, 4.69) is 41.7 Å². The van der Waals surface area contributed by atoms with Crippen LogP contribution in [0.4, 0.5) is 5.82 Å². The fourth-order valence-electron chi connectivity index (χ4n) is 5.18. The normalized spacial score (nSPS) is 22.0. The lowest BCUT2D eigenvalue weighted by molar-refractivity contribution is 0.156. The molecule has 3 aromatic rings. The van der Waals surface area contributed by atoms with Crippen molar-refractivity contribution in [2.45, 2.75) is 50.3 Å². The van der Waals surface area contributed by atoms with Crippen molar-refractivity contribution in [2.75, 3.05) is 18.0 Å². The number of nitrogens with two attached hydrogens (primary N) is 1. The van der Waals surface area contributed by atoms with Gasteiger partial charge in [0.1, 0.15) is 16.4 Å². The number of fused-ring (bicyclic) bond motifs is 2. The van der Waals surface area contributed by atoms with E-state index in [9.17, 15) is 4.21 Å². The number of hydrogen-bond donors (Lipinski definition) is 1. The van der Waals surface area contributed by atoms with Gasteiger partial charge in [-0.05, 0) is 55.1 Å². The van der Waals surface area contributed by atoms with E-state index in [4.69, 9.17) is 10.1 Å². The van der Waals surface area contributed by atoms with Crippen LogP contribution in [0, 0.1) is 5.41 Å². The first-order chi connectivity index (χ1) is 14.3. The molecular formula is C20H26BrN7OS. The Kier molecular flexibility index (Phi) is 4.79. The van der Waals surface area contributed by atoms with Crippen LogP contribution in [-0.4, -0.2) is 46.2 Å². The largest absolute Gasteiger partial charge is 0.355 e. The molecule has 0 radical (unpaired) electrons. The van der Waals surface area contributed by atoms with Gasteiger partial charge in [-0.3, -0.25) is 14.2 Å². The zero-order chi connectivity index (χ0) is 21.1. The van der Waals surface area contributed by atoms with Gasteiger partial charge in [0, 0.05) is 42.9 Å². The minimum absolute atomic E-state index is 0.114. The van der Waals surface area contributed by atoms with Crippen LogP contribution in [0.1, 0.15) is 44.7 Å². The lowest BCUT2D eigenvalue weighted by Crippen LogP contribution is -2.45. The third-order valence-electron chi connectivity index (χ3n) is 7.00. The summed E-state index contributed by atoms with van der Waals surface area (Å²) in [5, 5.41) is 10.4. The van der Waals surface area contributed by atoms with E-state index in [1.54, 1.807) is 6.33 Å². The first-order valence-corrected chi connectivity index (χ1v) is 12.2. The molecule has 1 spiro atoms. The predicted molar refractivity (Wildman–Crippen MR) is 121 cm³/mol. The van der Waals surface area contributed by atoms with Gasteiger partial charge in [-0.2, -0.15) is 5.10 Å². The number of aromatic nitrogens is 5. The molecule has 3 aromatic heterocycles. The van der Waals surface area contributed by atoms with Crippen LogP contribution in [0.5, 0.6) is 0 Å². The van der Waals surface area contributed by atoms with Gasteiger partial charge >= 0.3 is 0 Å². The molecule has 5 rings (SSSR count). The van der Waals surface area contributed by atoms with Crippen molar-refractivity contribution in [3.8, 4) is 0 Å². The number of halogens is 1. The Morgan fingerprint density at radius 2 is 2.10 bits per heavy atom. The number of rotatable bonds is 4. The highest BCUT2D eigenvalue weighted by Crippen LogP contribution is 2.54. The summed E-state index contributed by atoms with van der Waals surface area (Å²) < 4.78 is 16.8. The maximum atomic E-state index is 12.2. The molecule has 10 heteroatoms. The van der Waals surface area contributed by atoms with E-state index in [1.807, 2.05) is 36.8 Å². The van der Waals surface area contributed by atoms with Crippen molar-refractivity contribution < 1.29 is 4.21 Å². The van der Waals surface area contributed by atoms with Gasteiger partial charge in [-0.15, -0.1) is 0 Å². The number of imidazole rings is 1. The second-order valence-electron chi connectivity index (χ2n) is 9.13. The molecule has 0 bridgehead atoms. The molecule has 2 atom stereocenters. The smallest absolute Gasteiger partial charge is 0.154 e. The van der Waals surface area contributed by atoms with Crippen LogP contribution >= 0.6 is 15.9 Å². The van der Waals surface area contributed by atoms with Crippen LogP contribution in [0.2, 0.25) is 0 Å². The summed E-state index contributed by atoms with van der Waals surface area (Å²) in [5.74, 6) is 1.28. The zero-order valence-electron chi connectivity index (χ0n) is 17.2. The van der Waals surface area contributed by atoms with Crippen molar-refractivity contribution in [1.29, 1.82) is 0 Å². The fraction of sp³-hybridized carbons (Fsp3) is 0.550. The SMILES string of the molecule is CC(C)(C[C@@H]1c2ccnn2CC12CCN(c1ncc(Br)n3cncc13)CC2)S(N)=O. The Morgan fingerprint density at radius 1 is 1.33 bits per heavy atom. The van der Waals surface area contributed by atoms with E-state index in [0.717, 1.165) is 54.8 Å². The number of hydrogen-bond acceptors (Lipinski definition) is 5. The highest BCUT2D eigenvalue weighted by atomic mass is 79.9. The van der Waals surface area contributed by atoms with Crippen LogP contribution in [0.3, 0.4) is 0 Å². The Labute approximate surface area is 186 Å². The summed E-state index contributed by atoms with van der Waals surface area (Å²) in [4.78, 5) is 11.3. The zero-order valence-corrected chi connectivity index (χ0v) is 19.6. The number of anilines is 1. The lowest BCUT2D eigenvalue weighted by atomic mass is 9.67. The van der Waals surface area contributed by atoms with Crippen molar-refractivity contribution in [3.63, 3.8) is 0 Å². The van der Waals surface area contributed by atoms with E-state index in [1.165, 1.54) is 5.69 Å². The highest BCUT2D eigenvalue weighted by molar-refractivity contribution is 9.10. The maximum Gasteiger partial charge on any atom is 0.154 e. The molecule has 0 aliphatic carbocycles. The van der Waals surface area contributed by atoms with Gasteiger partial charge in [0.05, 0.1) is 28.1 Å². The molecule has 2 N–H and O–H groups in total. The van der Waals surface area contributed by atoms with Gasteiger partial charge < -0.3 is 4.90 Å². The maximum absolute atomic E-state index is 12.2. The second kappa shape index (κ2) is 7.13. The van der Waals surface area contributed by atoms with E-state index >= 15 is 0 Å². The average Bonchev–Trinajstić information content (AvgIpc) is 3.41. The molecule has 160 valence electrons. The minimum atomic E-state index is -1.37. The summed E-state index contributed by atoms with van der Waals surface area (Å²) in [5.41, 5.74) is 2.38. The van der Waals surface area contributed by atoms with Gasteiger partial charge in [0.25, 0.3) is 0 Å². The summed E-state index contributed by atoms with van der Waals surface area (Å²) in [6, 6.07) is 2.12. The van der Waals surface area contributed by atoms with Crippen molar-refractivity contribution in [2.24, 2.45) is 10.6 Å². The minimum Gasteiger partial charge on any atom is -0.355 e. The quantitative estimate of drug-likeness (QED) is 0.605. The average molecular weight is 492 g/mol. The van der Waals surface area contributed by atoms with Gasteiger partial charge in [-0.25, -0.2) is 14.2 Å². The Bertz CT molecular complexity index is 1120. The third-order valence-corrected chi connectivity index (χ3v) is 8.84. The standard InChI is InChI=1S/C20H26BrN7OS/c1-19(2,30(22)29)9-14-15-3-6-25-28(15)12-20(14)4-7-26(8-5-20)18-16-10-23-13-27(16)17(21)11-24-18/h3,6,10-11,13-14H,4-5,7-9,12,22H2,1-2H3/t14-,30?/m1/s1. The highest BCUT2D eigenvalue weighted by Gasteiger charge is 2.50. The van der Waals surface area contributed by atoms with E-state index in [-0.39, 0.29) is 5.41 Å². The summed E-state index contributed by atoms with van der Waals surface area (Å²) in [6.07, 6.45) is 10.2. The summed E-state index contributed by atoms with van der Waals surface area (Å²) in [6.45, 7) is 6.77. The van der Waals surface area contributed by atoms with Gasteiger partial charge in [-0.1, -0.05) is 0 Å². The molecule has 5 heterocycles. The number of nitrogens with zero attached hydrogens (tertiary/aromatic N) is 6. The van der Waals surface area contributed by atoms with Gasteiger partial charge in [0.2, 0.25) is 0 Å². The van der Waals surface area contributed by atoms with Crippen LogP contribution in [0.15, 0.2) is 35.6 Å². The van der Waals surface area contributed by atoms with Crippen molar-refractivity contribution in [3.05, 3.63) is 41.3 Å². The topological polar surface area (TPSA) is 94.3 Å². The molecule has 1 unspecified atom stereocenters. The van der Waals surface area contributed by atoms with Crippen molar-refractivity contribution >= 4 is 38.3 Å². The Hall–Kier alpha value is -1.78. The first-order valence-electron chi connectivity index (χ1n) is 10.2. The van der Waals surface area contributed by atoms with E-state index < -0.39 is 15.7 Å². The molecule has 1 fully saturated rings. The third kappa shape index (κ3) is 3.11. The molecule has 0 aromatic carbocycles. The Balaban J connectivity index is 1.42.